The normalized spacial score (nSPS) is 15.3. The molecule has 2 heterocycles. The number of anilines is 1. The van der Waals surface area contributed by atoms with Crippen LogP contribution in [0.25, 0.3) is 5.69 Å². The fourth-order valence-corrected chi connectivity index (χ4v) is 3.48. The van der Waals surface area contributed by atoms with Crippen LogP contribution in [0.3, 0.4) is 0 Å². The number of carbonyl (C=O) groups excluding carboxylic acids is 1. The summed E-state index contributed by atoms with van der Waals surface area (Å²) in [6.07, 6.45) is 3.52. The largest absolute Gasteiger partial charge is 0.308 e. The van der Waals surface area contributed by atoms with Crippen LogP contribution >= 0.6 is 0 Å². The highest BCUT2D eigenvalue weighted by Crippen LogP contribution is 2.18. The molecule has 0 radical (unpaired) electrons. The second-order valence-corrected chi connectivity index (χ2v) is 6.70. The van der Waals surface area contributed by atoms with Gasteiger partial charge < -0.3 is 4.90 Å². The highest BCUT2D eigenvalue weighted by Gasteiger charge is 2.24. The minimum Gasteiger partial charge on any atom is -0.308 e. The van der Waals surface area contributed by atoms with Gasteiger partial charge in [-0.2, -0.15) is 0 Å². The third-order valence-electron chi connectivity index (χ3n) is 5.04. The van der Waals surface area contributed by atoms with Crippen molar-refractivity contribution >= 4 is 11.6 Å². The number of hydrogen-bond donors (Lipinski definition) is 0. The Morgan fingerprint density at radius 1 is 1.12 bits per heavy atom. The molecule has 0 saturated carbocycles. The monoisotopic (exact) mass is 342 g/mol. The maximum atomic E-state index is 13.0. The molecule has 0 atom stereocenters. The van der Waals surface area contributed by atoms with Crippen LogP contribution in [-0.4, -0.2) is 46.9 Å². The zero-order valence-corrected chi connectivity index (χ0v) is 15.2. The Balaban J connectivity index is 1.89. The summed E-state index contributed by atoms with van der Waals surface area (Å²) in [4.78, 5) is 29.4. The van der Waals surface area contributed by atoms with E-state index in [9.17, 15) is 9.59 Å². The van der Waals surface area contributed by atoms with Crippen LogP contribution in [0.2, 0.25) is 0 Å². The third kappa shape index (κ3) is 3.39. The Labute approximate surface area is 148 Å². The first-order valence-electron chi connectivity index (χ1n) is 8.83. The average molecular weight is 342 g/mol. The van der Waals surface area contributed by atoms with Gasteiger partial charge in [0.2, 0.25) is 5.91 Å². The van der Waals surface area contributed by atoms with Gasteiger partial charge in [0, 0.05) is 14.1 Å². The number of para-hydroxylation sites is 1. The fraction of sp³-hybridized carbons (Fsp3) is 0.474. The van der Waals surface area contributed by atoms with Gasteiger partial charge >= 0.3 is 0 Å². The fourth-order valence-electron chi connectivity index (χ4n) is 3.48. The van der Waals surface area contributed by atoms with E-state index in [1.54, 1.807) is 16.4 Å². The summed E-state index contributed by atoms with van der Waals surface area (Å²) in [5, 5.41) is 0. The number of aromatic nitrogens is 2. The Bertz CT molecular complexity index is 801. The molecule has 1 aromatic heterocycles. The number of carbonyl (C=O) groups is 1. The molecule has 0 aliphatic carbocycles. The number of likely N-dealkylation sites (N-methyl/N-ethyl adjacent to an activating group) is 1. The molecule has 1 aromatic carbocycles. The van der Waals surface area contributed by atoms with E-state index >= 15 is 0 Å². The van der Waals surface area contributed by atoms with Gasteiger partial charge in [0.15, 0.2) is 0 Å². The van der Waals surface area contributed by atoms with Crippen molar-refractivity contribution in [2.24, 2.45) is 7.05 Å². The quantitative estimate of drug-likeness (QED) is 0.853. The molecule has 0 unspecified atom stereocenters. The minimum absolute atomic E-state index is 0.0343. The highest BCUT2D eigenvalue weighted by molar-refractivity contribution is 5.94. The Morgan fingerprint density at radius 3 is 2.40 bits per heavy atom. The summed E-state index contributed by atoms with van der Waals surface area (Å²) in [7, 11) is 3.54. The van der Waals surface area contributed by atoms with Crippen molar-refractivity contribution in [1.29, 1.82) is 0 Å². The number of likely N-dealkylation sites (tertiary alicyclic amines) is 1. The molecule has 25 heavy (non-hydrogen) atoms. The van der Waals surface area contributed by atoms with Gasteiger partial charge in [-0.3, -0.25) is 19.2 Å². The van der Waals surface area contributed by atoms with Crippen molar-refractivity contribution in [2.75, 3.05) is 31.6 Å². The van der Waals surface area contributed by atoms with Gasteiger partial charge in [-0.15, -0.1) is 0 Å². The molecule has 0 spiro atoms. The van der Waals surface area contributed by atoms with Crippen molar-refractivity contribution in [3.8, 4) is 5.69 Å². The topological polar surface area (TPSA) is 50.5 Å². The van der Waals surface area contributed by atoms with E-state index in [0.717, 1.165) is 37.3 Å². The molecule has 0 N–H and O–H groups in total. The van der Waals surface area contributed by atoms with Crippen LogP contribution in [0.4, 0.5) is 5.69 Å². The summed E-state index contributed by atoms with van der Waals surface area (Å²) in [6.45, 7) is 4.17. The number of nitrogens with zero attached hydrogens (tertiary/aromatic N) is 4. The molecule has 1 amide bonds. The standard InChI is InChI=1S/C19H26N4O2/c1-15-18(20(2)17(24)14-22-12-8-5-9-13-22)19(25)23(21(15)3)16-10-6-4-7-11-16/h4,6-7,10-11H,5,8-9,12-14H2,1-3H3. The summed E-state index contributed by atoms with van der Waals surface area (Å²) in [5.74, 6) is -0.0343. The molecule has 1 fully saturated rings. The lowest BCUT2D eigenvalue weighted by Crippen LogP contribution is -2.42. The summed E-state index contributed by atoms with van der Waals surface area (Å²) < 4.78 is 3.41. The van der Waals surface area contributed by atoms with Crippen LogP contribution in [0.15, 0.2) is 35.1 Å². The number of hydrogen-bond acceptors (Lipinski definition) is 3. The van der Waals surface area contributed by atoms with Gasteiger partial charge in [0.25, 0.3) is 5.56 Å². The van der Waals surface area contributed by atoms with Crippen LogP contribution in [0.1, 0.15) is 25.0 Å². The zero-order valence-electron chi connectivity index (χ0n) is 15.2. The molecule has 3 rings (SSSR count). The van der Waals surface area contributed by atoms with Gasteiger partial charge in [0.1, 0.15) is 5.69 Å². The van der Waals surface area contributed by atoms with E-state index in [0.29, 0.717) is 12.2 Å². The first-order valence-corrected chi connectivity index (χ1v) is 8.83. The van der Waals surface area contributed by atoms with Crippen LogP contribution in [0, 0.1) is 6.92 Å². The van der Waals surface area contributed by atoms with Crippen molar-refractivity contribution in [3.63, 3.8) is 0 Å². The van der Waals surface area contributed by atoms with Crippen LogP contribution in [-0.2, 0) is 11.8 Å². The van der Waals surface area contributed by atoms with Gasteiger partial charge in [-0.1, -0.05) is 24.6 Å². The average Bonchev–Trinajstić information content (AvgIpc) is 2.85. The number of rotatable bonds is 4. The smallest absolute Gasteiger partial charge is 0.295 e. The van der Waals surface area contributed by atoms with Crippen molar-refractivity contribution in [2.45, 2.75) is 26.2 Å². The molecule has 6 nitrogen and oxygen atoms in total. The van der Waals surface area contributed by atoms with Crippen molar-refractivity contribution in [1.82, 2.24) is 14.3 Å². The second kappa shape index (κ2) is 7.27. The molecule has 1 aliphatic rings. The molecular weight excluding hydrogens is 316 g/mol. The first kappa shape index (κ1) is 17.5. The third-order valence-corrected chi connectivity index (χ3v) is 5.04. The molecule has 6 heteroatoms. The second-order valence-electron chi connectivity index (χ2n) is 6.70. The highest BCUT2D eigenvalue weighted by atomic mass is 16.2. The Kier molecular flexibility index (Phi) is 5.08. The van der Waals surface area contributed by atoms with Crippen LogP contribution in [0.5, 0.6) is 0 Å². The lowest BCUT2D eigenvalue weighted by atomic mass is 10.1. The molecular formula is C19H26N4O2. The predicted octanol–water partition coefficient (Wildman–Crippen LogP) is 1.93. The van der Waals surface area contributed by atoms with E-state index in [-0.39, 0.29) is 11.5 Å². The van der Waals surface area contributed by atoms with E-state index in [1.165, 1.54) is 11.3 Å². The van der Waals surface area contributed by atoms with Crippen molar-refractivity contribution < 1.29 is 4.79 Å². The number of benzene rings is 1. The maximum absolute atomic E-state index is 13.0. The zero-order chi connectivity index (χ0) is 18.0. The SMILES string of the molecule is Cc1c(N(C)C(=O)CN2CCCCC2)c(=O)n(-c2ccccc2)n1C. The lowest BCUT2D eigenvalue weighted by molar-refractivity contribution is -0.119. The molecule has 2 aromatic rings. The molecule has 0 bridgehead atoms. The van der Waals surface area contributed by atoms with Gasteiger partial charge in [0.05, 0.1) is 17.9 Å². The Morgan fingerprint density at radius 2 is 1.76 bits per heavy atom. The summed E-state index contributed by atoms with van der Waals surface area (Å²) in [5.41, 5.74) is 1.86. The van der Waals surface area contributed by atoms with E-state index in [2.05, 4.69) is 4.90 Å². The van der Waals surface area contributed by atoms with Crippen LogP contribution < -0.4 is 10.5 Å². The summed E-state index contributed by atoms with van der Waals surface area (Å²) >= 11 is 0. The first-order chi connectivity index (χ1) is 12.0. The van der Waals surface area contributed by atoms with Gasteiger partial charge in [-0.05, 0) is 45.0 Å². The van der Waals surface area contributed by atoms with Gasteiger partial charge in [-0.25, -0.2) is 4.68 Å². The number of amides is 1. The predicted molar refractivity (Wildman–Crippen MR) is 99.4 cm³/mol. The lowest BCUT2D eigenvalue weighted by Gasteiger charge is -2.27. The summed E-state index contributed by atoms with van der Waals surface area (Å²) in [6, 6.07) is 9.49. The Hall–Kier alpha value is -2.34. The molecule has 1 saturated heterocycles. The minimum atomic E-state index is -0.166. The van der Waals surface area contributed by atoms with E-state index in [1.807, 2.05) is 44.3 Å². The molecule has 1 aliphatic heterocycles. The maximum Gasteiger partial charge on any atom is 0.295 e. The number of piperidine rings is 1. The molecule has 134 valence electrons. The van der Waals surface area contributed by atoms with E-state index < -0.39 is 0 Å². The van der Waals surface area contributed by atoms with Crippen molar-refractivity contribution in [3.05, 3.63) is 46.4 Å². The van der Waals surface area contributed by atoms with E-state index in [4.69, 9.17) is 0 Å².